The van der Waals surface area contributed by atoms with Gasteiger partial charge >= 0.3 is 0 Å². The number of hydrogen-bond donors (Lipinski definition) is 2. The Kier molecular flexibility index (Phi) is 8.86. The molecule has 1 saturated carbocycles. The molecule has 0 aromatic carbocycles. The van der Waals surface area contributed by atoms with E-state index in [0.717, 1.165) is 30.0 Å². The van der Waals surface area contributed by atoms with E-state index >= 15 is 0 Å². The third-order valence-corrected chi connectivity index (χ3v) is 9.32. The summed E-state index contributed by atoms with van der Waals surface area (Å²) < 4.78 is 27.0. The Morgan fingerprint density at radius 1 is 1.11 bits per heavy atom. The number of amides is 2. The molecular weight excluding hydrogens is 500 g/mol. The average molecular weight is 533 g/mol. The molecule has 0 unspecified atom stereocenters. The van der Waals surface area contributed by atoms with E-state index in [1.54, 1.807) is 29.0 Å². The highest BCUT2D eigenvalue weighted by Gasteiger charge is 2.35. The van der Waals surface area contributed by atoms with Crippen molar-refractivity contribution in [1.29, 1.82) is 0 Å². The first-order chi connectivity index (χ1) is 17.3. The van der Waals surface area contributed by atoms with Gasteiger partial charge in [-0.1, -0.05) is 38.2 Å². The zero-order chi connectivity index (χ0) is 25.5. The van der Waals surface area contributed by atoms with Crippen molar-refractivity contribution < 1.29 is 22.8 Å². The van der Waals surface area contributed by atoms with Crippen LogP contribution < -0.4 is 10.6 Å². The van der Waals surface area contributed by atoms with Crippen LogP contribution in [0.5, 0.6) is 0 Å². The van der Waals surface area contributed by atoms with E-state index < -0.39 is 28.0 Å². The Morgan fingerprint density at radius 2 is 1.92 bits per heavy atom. The molecule has 2 aliphatic rings. The maximum absolute atomic E-state index is 13.3. The summed E-state index contributed by atoms with van der Waals surface area (Å²) in [6.07, 6.45) is 8.09. The SMILES string of the molecule is O=C(N[C@@H](CC1CCCCC1)C(=O)N[C@@H]1CCCN(S(=O)(=O)c2ccccn2)CC1=O)c1ccsc1. The third kappa shape index (κ3) is 6.57. The molecule has 11 heteroatoms. The van der Waals surface area contributed by atoms with Gasteiger partial charge in [0.25, 0.3) is 15.9 Å². The summed E-state index contributed by atoms with van der Waals surface area (Å²) in [4.78, 5) is 43.0. The van der Waals surface area contributed by atoms with Gasteiger partial charge in [-0.15, -0.1) is 0 Å². The number of nitrogens with one attached hydrogen (secondary N) is 2. The normalized spacial score (nSPS) is 20.9. The number of carbonyl (C=O) groups is 3. The largest absolute Gasteiger partial charge is 0.344 e. The van der Waals surface area contributed by atoms with Crippen molar-refractivity contribution in [3.05, 3.63) is 46.8 Å². The molecule has 2 atom stereocenters. The number of sulfonamides is 1. The van der Waals surface area contributed by atoms with Crippen molar-refractivity contribution in [2.24, 2.45) is 5.92 Å². The summed E-state index contributed by atoms with van der Waals surface area (Å²) in [5.41, 5.74) is 0.502. The number of nitrogens with zero attached hydrogens (tertiary/aromatic N) is 2. The van der Waals surface area contributed by atoms with Crippen molar-refractivity contribution in [3.63, 3.8) is 0 Å². The van der Waals surface area contributed by atoms with E-state index in [-0.39, 0.29) is 29.8 Å². The molecular formula is C25H32N4O5S2. The van der Waals surface area contributed by atoms with Gasteiger partial charge in [0, 0.05) is 18.1 Å². The number of ketones is 1. The Balaban J connectivity index is 1.43. The van der Waals surface area contributed by atoms with Crippen LogP contribution in [0, 0.1) is 5.92 Å². The minimum atomic E-state index is -3.91. The number of aromatic nitrogens is 1. The van der Waals surface area contributed by atoms with Crippen LogP contribution >= 0.6 is 11.3 Å². The lowest BCUT2D eigenvalue weighted by molar-refractivity contribution is -0.129. The summed E-state index contributed by atoms with van der Waals surface area (Å²) in [6, 6.07) is 4.74. The molecule has 1 aliphatic carbocycles. The highest BCUT2D eigenvalue weighted by molar-refractivity contribution is 7.89. The number of Topliss-reactive ketones (excluding diaryl/α,β-unsaturated/α-hetero) is 1. The summed E-state index contributed by atoms with van der Waals surface area (Å²) in [5.74, 6) is -0.752. The molecule has 36 heavy (non-hydrogen) atoms. The molecule has 1 saturated heterocycles. The first-order valence-electron chi connectivity index (χ1n) is 12.4. The molecule has 2 fully saturated rings. The van der Waals surface area contributed by atoms with Gasteiger partial charge in [0.1, 0.15) is 6.04 Å². The lowest BCUT2D eigenvalue weighted by Gasteiger charge is -2.28. The van der Waals surface area contributed by atoms with Crippen LogP contribution in [-0.4, -0.2) is 60.5 Å². The van der Waals surface area contributed by atoms with Gasteiger partial charge in [-0.3, -0.25) is 14.4 Å². The molecule has 194 valence electrons. The molecule has 2 N–H and O–H groups in total. The predicted octanol–water partition coefficient (Wildman–Crippen LogP) is 2.75. The van der Waals surface area contributed by atoms with Crippen LogP contribution in [0.4, 0.5) is 0 Å². The van der Waals surface area contributed by atoms with Crippen LogP contribution in [0.1, 0.15) is 61.7 Å². The van der Waals surface area contributed by atoms with Crippen molar-refractivity contribution in [1.82, 2.24) is 19.9 Å². The lowest BCUT2D eigenvalue weighted by atomic mass is 9.84. The zero-order valence-corrected chi connectivity index (χ0v) is 21.7. The second-order valence-corrected chi connectivity index (χ2v) is 12.1. The van der Waals surface area contributed by atoms with Gasteiger partial charge < -0.3 is 10.6 Å². The predicted molar refractivity (Wildman–Crippen MR) is 136 cm³/mol. The van der Waals surface area contributed by atoms with Gasteiger partial charge in [-0.05, 0) is 48.8 Å². The number of rotatable bonds is 8. The molecule has 4 rings (SSSR count). The first kappa shape index (κ1) is 26.4. The summed E-state index contributed by atoms with van der Waals surface area (Å²) >= 11 is 1.41. The minimum Gasteiger partial charge on any atom is -0.344 e. The summed E-state index contributed by atoms with van der Waals surface area (Å²) in [7, 11) is -3.91. The standard InChI is InChI=1S/C25H32N4O5S2/c30-22-16-29(36(33,34)23-10-4-5-12-26-23)13-6-9-20(22)27-25(32)21(15-18-7-2-1-3-8-18)28-24(31)19-11-14-35-17-19/h4-5,10-12,14,17-18,20-21H,1-3,6-9,13,15-16H2,(H,27,32)(H,28,31)/t20-,21+/m1/s1. The molecule has 0 bridgehead atoms. The average Bonchev–Trinajstić information content (AvgIpc) is 3.36. The zero-order valence-electron chi connectivity index (χ0n) is 20.1. The van der Waals surface area contributed by atoms with Crippen LogP contribution in [0.25, 0.3) is 0 Å². The molecule has 9 nitrogen and oxygen atoms in total. The van der Waals surface area contributed by atoms with E-state index in [1.165, 1.54) is 30.0 Å². The van der Waals surface area contributed by atoms with Crippen LogP contribution in [0.2, 0.25) is 0 Å². The Hall–Kier alpha value is -2.63. The smallest absolute Gasteiger partial charge is 0.260 e. The van der Waals surface area contributed by atoms with Crippen molar-refractivity contribution >= 4 is 39.0 Å². The van der Waals surface area contributed by atoms with Crippen LogP contribution in [0.15, 0.2) is 46.2 Å². The quantitative estimate of drug-likeness (QED) is 0.539. The number of hydrogen-bond acceptors (Lipinski definition) is 7. The van der Waals surface area contributed by atoms with E-state index in [4.69, 9.17) is 0 Å². The maximum atomic E-state index is 13.3. The molecule has 3 heterocycles. The second-order valence-electron chi connectivity index (χ2n) is 9.45. The number of carbonyl (C=O) groups excluding carboxylic acids is 3. The third-order valence-electron chi connectivity index (χ3n) is 6.88. The lowest BCUT2D eigenvalue weighted by Crippen LogP contribution is -2.53. The summed E-state index contributed by atoms with van der Waals surface area (Å²) in [6.45, 7) is -0.171. The van der Waals surface area contributed by atoms with Crippen LogP contribution in [-0.2, 0) is 19.6 Å². The van der Waals surface area contributed by atoms with Gasteiger partial charge in [0.15, 0.2) is 10.8 Å². The molecule has 2 aromatic rings. The van der Waals surface area contributed by atoms with Crippen molar-refractivity contribution in [2.45, 2.75) is 68.5 Å². The van der Waals surface area contributed by atoms with E-state index in [0.29, 0.717) is 30.7 Å². The highest BCUT2D eigenvalue weighted by atomic mass is 32.2. The molecule has 2 aromatic heterocycles. The molecule has 1 aliphatic heterocycles. The Bertz CT molecular complexity index is 1150. The van der Waals surface area contributed by atoms with E-state index in [1.807, 2.05) is 0 Å². The monoisotopic (exact) mass is 532 g/mol. The van der Waals surface area contributed by atoms with Crippen LogP contribution in [0.3, 0.4) is 0 Å². The number of thiophene rings is 1. The topological polar surface area (TPSA) is 126 Å². The maximum Gasteiger partial charge on any atom is 0.260 e. The Labute approximate surface area is 215 Å². The molecule has 0 spiro atoms. The summed E-state index contributed by atoms with van der Waals surface area (Å²) in [5, 5.41) is 9.12. The van der Waals surface area contributed by atoms with Gasteiger partial charge in [0.2, 0.25) is 5.91 Å². The fourth-order valence-electron chi connectivity index (χ4n) is 4.88. The Morgan fingerprint density at radius 3 is 2.61 bits per heavy atom. The van der Waals surface area contributed by atoms with E-state index in [2.05, 4.69) is 15.6 Å². The van der Waals surface area contributed by atoms with Gasteiger partial charge in [0.05, 0.1) is 18.2 Å². The van der Waals surface area contributed by atoms with Crippen molar-refractivity contribution in [2.75, 3.05) is 13.1 Å². The van der Waals surface area contributed by atoms with Crippen molar-refractivity contribution in [3.8, 4) is 0 Å². The van der Waals surface area contributed by atoms with Gasteiger partial charge in [-0.25, -0.2) is 13.4 Å². The first-order valence-corrected chi connectivity index (χ1v) is 14.8. The fraction of sp³-hybridized carbons (Fsp3) is 0.520. The van der Waals surface area contributed by atoms with E-state index in [9.17, 15) is 22.8 Å². The fourth-order valence-corrected chi connectivity index (χ4v) is 6.89. The number of pyridine rings is 1. The highest BCUT2D eigenvalue weighted by Crippen LogP contribution is 2.28. The minimum absolute atomic E-state index is 0.107. The molecule has 0 radical (unpaired) electrons. The molecule has 2 amide bonds. The van der Waals surface area contributed by atoms with Gasteiger partial charge in [-0.2, -0.15) is 15.6 Å². The second kappa shape index (κ2) is 12.1.